The Morgan fingerprint density at radius 1 is 1.07 bits per heavy atom. The number of benzene rings is 1. The Morgan fingerprint density at radius 2 is 1.98 bits per heavy atom. The minimum atomic E-state index is -0.135. The number of carbonyl (C=O) groups excluding carboxylic acids is 1. The first-order valence-electron chi connectivity index (χ1n) is 12.9. The first kappa shape index (κ1) is 25.1. The molecule has 1 aliphatic rings. The predicted octanol–water partition coefficient (Wildman–Crippen LogP) is 3.97. The van der Waals surface area contributed by atoms with Crippen LogP contribution in [0.25, 0.3) is 16.7 Å². The van der Waals surface area contributed by atoms with Crippen LogP contribution in [0.2, 0.25) is 0 Å². The zero-order valence-corrected chi connectivity index (χ0v) is 22.4. The van der Waals surface area contributed by atoms with E-state index in [0.29, 0.717) is 42.4 Å². The summed E-state index contributed by atoms with van der Waals surface area (Å²) in [6.07, 6.45) is 4.84. The van der Waals surface area contributed by atoms with Gasteiger partial charge in [0.1, 0.15) is 35.5 Å². The van der Waals surface area contributed by atoms with Gasteiger partial charge in [-0.3, -0.25) is 4.79 Å². The molecule has 0 spiro atoms. The molecule has 1 atom stereocenters. The van der Waals surface area contributed by atoms with Gasteiger partial charge in [0.15, 0.2) is 11.5 Å². The molecule has 5 aromatic rings. The summed E-state index contributed by atoms with van der Waals surface area (Å²) in [6.45, 7) is 7.61. The van der Waals surface area contributed by atoms with Gasteiger partial charge in [-0.2, -0.15) is 5.10 Å². The number of hydrogen-bond donors (Lipinski definition) is 1. The number of amides is 1. The van der Waals surface area contributed by atoms with Crippen molar-refractivity contribution in [2.24, 2.45) is 0 Å². The number of anilines is 3. The third-order valence-electron chi connectivity index (χ3n) is 6.83. The second-order valence-corrected chi connectivity index (χ2v) is 9.56. The van der Waals surface area contributed by atoms with E-state index in [0.717, 1.165) is 28.3 Å². The fourth-order valence-corrected chi connectivity index (χ4v) is 4.81. The number of fused-ring (bicyclic) bond motifs is 2. The Labute approximate surface area is 230 Å². The molecule has 1 unspecified atom stereocenters. The Hall–Kier alpha value is -5.24. The van der Waals surface area contributed by atoms with Gasteiger partial charge < -0.3 is 19.9 Å². The fourth-order valence-electron chi connectivity index (χ4n) is 4.81. The standard InChI is InChI=1S/C29H27N9O2/c1-4-5-27(39)37-13-12-36(16-20(37)3)25-9-7-23-28(35-25)29(32-17-30-23)34-21-6-8-24(19(2)14-21)40-22-10-11-38-26(15-22)31-18-33-38/h6-11,14-15,17-18,20H,12-13,16H2,1-3H3,(H,30,32,34). The van der Waals surface area contributed by atoms with Crippen LogP contribution in [0.15, 0.2) is 61.3 Å². The normalized spacial score (nSPS) is 15.1. The molecule has 1 aliphatic heterocycles. The first-order chi connectivity index (χ1) is 19.5. The molecule has 0 saturated carbocycles. The van der Waals surface area contributed by atoms with E-state index in [-0.39, 0.29) is 11.9 Å². The summed E-state index contributed by atoms with van der Waals surface area (Å²) in [6, 6.07) is 13.5. The smallest absolute Gasteiger partial charge is 0.298 e. The summed E-state index contributed by atoms with van der Waals surface area (Å²) in [4.78, 5) is 34.3. The third-order valence-corrected chi connectivity index (χ3v) is 6.83. The number of nitrogens with one attached hydrogen (secondary N) is 1. The third kappa shape index (κ3) is 4.94. The zero-order chi connectivity index (χ0) is 27.6. The van der Waals surface area contributed by atoms with E-state index in [1.807, 2.05) is 67.4 Å². The van der Waals surface area contributed by atoms with Crippen LogP contribution in [0.1, 0.15) is 19.4 Å². The number of hydrogen-bond acceptors (Lipinski definition) is 9. The molecule has 0 bridgehead atoms. The summed E-state index contributed by atoms with van der Waals surface area (Å²) < 4.78 is 7.79. The van der Waals surface area contributed by atoms with Crippen LogP contribution in [0.5, 0.6) is 11.5 Å². The predicted molar refractivity (Wildman–Crippen MR) is 152 cm³/mol. The van der Waals surface area contributed by atoms with Crippen molar-refractivity contribution in [3.8, 4) is 23.3 Å². The molecular formula is C29H27N9O2. The quantitative estimate of drug-likeness (QED) is 0.335. The van der Waals surface area contributed by atoms with Gasteiger partial charge in [-0.1, -0.05) is 5.92 Å². The molecule has 1 N–H and O–H groups in total. The number of nitrogens with zero attached hydrogens (tertiary/aromatic N) is 8. The molecule has 0 radical (unpaired) electrons. The van der Waals surface area contributed by atoms with Gasteiger partial charge in [-0.15, -0.1) is 0 Å². The lowest BCUT2D eigenvalue weighted by molar-refractivity contribution is -0.127. The monoisotopic (exact) mass is 533 g/mol. The maximum atomic E-state index is 12.3. The highest BCUT2D eigenvalue weighted by atomic mass is 16.5. The van der Waals surface area contributed by atoms with Crippen molar-refractivity contribution < 1.29 is 9.53 Å². The average molecular weight is 534 g/mol. The molecule has 1 fully saturated rings. The minimum absolute atomic E-state index is 0.0196. The van der Waals surface area contributed by atoms with Crippen molar-refractivity contribution in [2.45, 2.75) is 26.8 Å². The number of piperazine rings is 1. The van der Waals surface area contributed by atoms with Crippen molar-refractivity contribution in [1.82, 2.24) is 34.4 Å². The maximum Gasteiger partial charge on any atom is 0.298 e. The molecule has 11 heteroatoms. The molecule has 40 heavy (non-hydrogen) atoms. The Bertz CT molecular complexity index is 1790. The van der Waals surface area contributed by atoms with Gasteiger partial charge in [0.25, 0.3) is 5.91 Å². The van der Waals surface area contributed by atoms with Crippen LogP contribution >= 0.6 is 0 Å². The van der Waals surface area contributed by atoms with Crippen LogP contribution in [-0.2, 0) is 4.79 Å². The molecule has 200 valence electrons. The van der Waals surface area contributed by atoms with Crippen molar-refractivity contribution in [1.29, 1.82) is 0 Å². The van der Waals surface area contributed by atoms with Gasteiger partial charge in [0.05, 0.1) is 5.52 Å². The Balaban J connectivity index is 1.21. The van der Waals surface area contributed by atoms with E-state index in [9.17, 15) is 4.79 Å². The topological polar surface area (TPSA) is 114 Å². The first-order valence-corrected chi connectivity index (χ1v) is 12.9. The molecule has 1 saturated heterocycles. The summed E-state index contributed by atoms with van der Waals surface area (Å²) in [5.74, 6) is 8.05. The van der Waals surface area contributed by atoms with E-state index >= 15 is 0 Å². The van der Waals surface area contributed by atoms with Crippen LogP contribution in [0.3, 0.4) is 0 Å². The number of pyridine rings is 2. The number of rotatable bonds is 5. The number of carbonyl (C=O) groups is 1. The van der Waals surface area contributed by atoms with Gasteiger partial charge in [0.2, 0.25) is 0 Å². The molecular weight excluding hydrogens is 506 g/mol. The van der Waals surface area contributed by atoms with E-state index in [1.54, 1.807) is 11.4 Å². The van der Waals surface area contributed by atoms with E-state index < -0.39 is 0 Å². The van der Waals surface area contributed by atoms with Gasteiger partial charge in [0, 0.05) is 43.6 Å². The summed E-state index contributed by atoms with van der Waals surface area (Å²) in [5, 5.41) is 7.51. The van der Waals surface area contributed by atoms with Crippen molar-refractivity contribution >= 4 is 39.9 Å². The zero-order valence-electron chi connectivity index (χ0n) is 22.4. The highest BCUT2D eigenvalue weighted by Crippen LogP contribution is 2.30. The van der Waals surface area contributed by atoms with Crippen molar-refractivity contribution in [3.05, 3.63) is 66.9 Å². The highest BCUT2D eigenvalue weighted by Gasteiger charge is 2.27. The number of aromatic nitrogens is 6. The lowest BCUT2D eigenvalue weighted by Crippen LogP contribution is -2.54. The molecule has 6 rings (SSSR count). The van der Waals surface area contributed by atoms with Gasteiger partial charge >= 0.3 is 0 Å². The SMILES string of the molecule is CC#CC(=O)N1CCN(c2ccc3ncnc(Nc4ccc(Oc5ccn6ncnc6c5)c(C)c4)c3n2)CC1C. The van der Waals surface area contributed by atoms with Crippen LogP contribution in [0, 0.1) is 18.8 Å². The maximum absolute atomic E-state index is 12.3. The van der Waals surface area contributed by atoms with Crippen molar-refractivity contribution in [2.75, 3.05) is 29.9 Å². The molecule has 5 heterocycles. The van der Waals surface area contributed by atoms with E-state index in [2.05, 4.69) is 42.1 Å². The van der Waals surface area contributed by atoms with E-state index in [4.69, 9.17) is 9.72 Å². The van der Waals surface area contributed by atoms with Crippen LogP contribution < -0.4 is 15.0 Å². The minimum Gasteiger partial charge on any atom is -0.457 e. The van der Waals surface area contributed by atoms with E-state index in [1.165, 1.54) is 12.7 Å². The molecule has 1 amide bonds. The van der Waals surface area contributed by atoms with Gasteiger partial charge in [-0.05, 0) is 68.7 Å². The second kappa shape index (κ2) is 10.5. The highest BCUT2D eigenvalue weighted by molar-refractivity contribution is 5.94. The lowest BCUT2D eigenvalue weighted by Gasteiger charge is -2.39. The largest absolute Gasteiger partial charge is 0.457 e. The Morgan fingerprint density at radius 3 is 2.80 bits per heavy atom. The van der Waals surface area contributed by atoms with Gasteiger partial charge in [-0.25, -0.2) is 24.5 Å². The summed E-state index contributed by atoms with van der Waals surface area (Å²) in [7, 11) is 0. The average Bonchev–Trinajstić information content (AvgIpc) is 3.42. The number of ether oxygens (including phenoxy) is 1. The van der Waals surface area contributed by atoms with Crippen molar-refractivity contribution in [3.63, 3.8) is 0 Å². The molecule has 11 nitrogen and oxygen atoms in total. The molecule has 0 aliphatic carbocycles. The summed E-state index contributed by atoms with van der Waals surface area (Å²) in [5.41, 5.74) is 3.92. The second-order valence-electron chi connectivity index (χ2n) is 9.56. The molecule has 4 aromatic heterocycles. The summed E-state index contributed by atoms with van der Waals surface area (Å²) >= 11 is 0. The van der Waals surface area contributed by atoms with Crippen LogP contribution in [-0.4, -0.2) is 66.0 Å². The Kier molecular flexibility index (Phi) is 6.57. The molecule has 1 aromatic carbocycles. The van der Waals surface area contributed by atoms with Crippen LogP contribution in [0.4, 0.5) is 17.3 Å². The fraction of sp³-hybridized carbons (Fsp3) is 0.241. The number of aryl methyl sites for hydroxylation is 1. The lowest BCUT2D eigenvalue weighted by atomic mass is 10.2.